The average Bonchev–Trinajstić information content (AvgIpc) is 2.26. The molecular weight excluding hydrogens is 194 g/mol. The van der Waals surface area contributed by atoms with Crippen LogP contribution in [-0.4, -0.2) is 58.7 Å². The Morgan fingerprint density at radius 1 is 1.07 bits per heavy atom. The first kappa shape index (κ1) is 14.8. The van der Waals surface area contributed by atoms with Crippen molar-refractivity contribution in [2.75, 3.05) is 26.3 Å². The van der Waals surface area contributed by atoms with E-state index in [2.05, 4.69) is 18.7 Å². The van der Waals surface area contributed by atoms with Crippen molar-refractivity contribution >= 4 is 0 Å². The fourth-order valence-corrected chi connectivity index (χ4v) is 1.48. The maximum atomic E-state index is 9.40. The lowest BCUT2D eigenvalue weighted by molar-refractivity contribution is 0.0365. The molecule has 3 atom stereocenters. The number of nitrogens with zero attached hydrogens (tertiary/aromatic N) is 1. The first-order valence-corrected chi connectivity index (χ1v) is 5.68. The molecule has 4 nitrogen and oxygen atoms in total. The van der Waals surface area contributed by atoms with Crippen LogP contribution in [0.1, 0.15) is 27.2 Å². The van der Waals surface area contributed by atoms with Gasteiger partial charge in [-0.2, -0.15) is 0 Å². The van der Waals surface area contributed by atoms with E-state index in [0.29, 0.717) is 12.6 Å². The van der Waals surface area contributed by atoms with Crippen LogP contribution in [0, 0.1) is 5.92 Å². The molecule has 0 spiro atoms. The maximum Gasteiger partial charge on any atom is 0.0897 e. The highest BCUT2D eigenvalue weighted by Gasteiger charge is 2.18. The second-order valence-corrected chi connectivity index (χ2v) is 4.34. The highest BCUT2D eigenvalue weighted by Crippen LogP contribution is 2.08. The molecule has 0 aromatic heterocycles. The lowest BCUT2D eigenvalue weighted by Gasteiger charge is -2.31. The van der Waals surface area contributed by atoms with Gasteiger partial charge >= 0.3 is 0 Å². The first-order chi connectivity index (χ1) is 7.04. The van der Waals surface area contributed by atoms with Gasteiger partial charge in [-0.1, -0.05) is 13.8 Å². The largest absolute Gasteiger partial charge is 0.396 e. The molecule has 0 saturated carbocycles. The number of rotatable bonds is 8. The number of aliphatic hydroxyl groups excluding tert-OH is 3. The number of aliphatic hydroxyl groups is 3. The minimum atomic E-state index is -0.690. The lowest BCUT2D eigenvalue weighted by atomic mass is 10.1. The zero-order chi connectivity index (χ0) is 11.8. The number of hydrogen-bond acceptors (Lipinski definition) is 4. The van der Waals surface area contributed by atoms with E-state index >= 15 is 0 Å². The van der Waals surface area contributed by atoms with E-state index in [1.54, 1.807) is 0 Å². The summed E-state index contributed by atoms with van der Waals surface area (Å²) in [5.74, 6) is 0.199. The molecule has 0 aliphatic carbocycles. The van der Waals surface area contributed by atoms with Gasteiger partial charge in [-0.25, -0.2) is 0 Å². The van der Waals surface area contributed by atoms with Gasteiger partial charge in [0.2, 0.25) is 0 Å². The zero-order valence-corrected chi connectivity index (χ0v) is 10.1. The van der Waals surface area contributed by atoms with E-state index < -0.39 is 6.10 Å². The summed E-state index contributed by atoms with van der Waals surface area (Å²) in [4.78, 5) is 2.11. The molecule has 0 saturated heterocycles. The predicted molar refractivity (Wildman–Crippen MR) is 60.7 cm³/mol. The molecule has 0 aromatic rings. The summed E-state index contributed by atoms with van der Waals surface area (Å²) in [5.41, 5.74) is 0. The predicted octanol–water partition coefficient (Wildman–Crippen LogP) is 0.0685. The van der Waals surface area contributed by atoms with Gasteiger partial charge in [0.05, 0.1) is 12.7 Å². The third-order valence-electron chi connectivity index (χ3n) is 2.73. The minimum absolute atomic E-state index is 0.155. The highest BCUT2D eigenvalue weighted by atomic mass is 16.3. The quantitative estimate of drug-likeness (QED) is 0.540. The fraction of sp³-hybridized carbons (Fsp3) is 1.00. The van der Waals surface area contributed by atoms with Crippen LogP contribution in [0.3, 0.4) is 0 Å². The summed E-state index contributed by atoms with van der Waals surface area (Å²) in [6.45, 7) is 7.32. The third kappa shape index (κ3) is 6.10. The Kier molecular flexibility index (Phi) is 7.96. The molecule has 0 aromatic carbocycles. The summed E-state index contributed by atoms with van der Waals surface area (Å²) in [6, 6.07) is 0.361. The molecule has 0 radical (unpaired) electrons. The van der Waals surface area contributed by atoms with Crippen molar-refractivity contribution in [3.05, 3.63) is 0 Å². The molecule has 4 heteroatoms. The summed E-state index contributed by atoms with van der Waals surface area (Å²) in [7, 11) is 0. The van der Waals surface area contributed by atoms with Crippen LogP contribution in [0.25, 0.3) is 0 Å². The van der Waals surface area contributed by atoms with E-state index in [-0.39, 0.29) is 19.1 Å². The van der Waals surface area contributed by atoms with Crippen LogP contribution in [0.4, 0.5) is 0 Å². The van der Waals surface area contributed by atoms with Gasteiger partial charge in [0.1, 0.15) is 0 Å². The normalized spacial score (nSPS) is 17.8. The van der Waals surface area contributed by atoms with E-state index in [4.69, 9.17) is 10.2 Å². The Balaban J connectivity index is 4.17. The van der Waals surface area contributed by atoms with Gasteiger partial charge in [0.15, 0.2) is 0 Å². The SMILES string of the molecule is CCC(C)N(CC(C)CO)CC(O)CO. The topological polar surface area (TPSA) is 63.9 Å². The average molecular weight is 219 g/mol. The summed E-state index contributed by atoms with van der Waals surface area (Å²) in [6.07, 6.45) is 0.306. The van der Waals surface area contributed by atoms with Crippen LogP contribution in [0.2, 0.25) is 0 Å². The van der Waals surface area contributed by atoms with E-state index in [9.17, 15) is 5.11 Å². The Morgan fingerprint density at radius 3 is 2.07 bits per heavy atom. The molecule has 0 fully saturated rings. The molecule has 92 valence electrons. The summed E-state index contributed by atoms with van der Waals surface area (Å²) >= 11 is 0. The molecule has 0 aliphatic heterocycles. The fourth-order valence-electron chi connectivity index (χ4n) is 1.48. The zero-order valence-electron chi connectivity index (χ0n) is 10.1. The molecule has 0 heterocycles. The van der Waals surface area contributed by atoms with Gasteiger partial charge in [0, 0.05) is 25.7 Å². The van der Waals surface area contributed by atoms with E-state index in [1.165, 1.54) is 0 Å². The lowest BCUT2D eigenvalue weighted by Crippen LogP contribution is -2.42. The Hall–Kier alpha value is -0.160. The summed E-state index contributed by atoms with van der Waals surface area (Å²) in [5, 5.41) is 27.2. The Labute approximate surface area is 92.5 Å². The van der Waals surface area contributed by atoms with Crippen molar-refractivity contribution in [3.8, 4) is 0 Å². The van der Waals surface area contributed by atoms with Crippen molar-refractivity contribution < 1.29 is 15.3 Å². The minimum Gasteiger partial charge on any atom is -0.396 e. The van der Waals surface area contributed by atoms with Crippen molar-refractivity contribution in [1.82, 2.24) is 4.90 Å². The molecule has 3 unspecified atom stereocenters. The first-order valence-electron chi connectivity index (χ1n) is 5.68. The van der Waals surface area contributed by atoms with Crippen LogP contribution in [0.15, 0.2) is 0 Å². The van der Waals surface area contributed by atoms with E-state index in [0.717, 1.165) is 13.0 Å². The molecule has 0 bridgehead atoms. The second-order valence-electron chi connectivity index (χ2n) is 4.34. The van der Waals surface area contributed by atoms with Crippen LogP contribution < -0.4 is 0 Å². The van der Waals surface area contributed by atoms with Crippen molar-refractivity contribution in [1.29, 1.82) is 0 Å². The van der Waals surface area contributed by atoms with Gasteiger partial charge < -0.3 is 15.3 Å². The van der Waals surface area contributed by atoms with Crippen molar-refractivity contribution in [3.63, 3.8) is 0 Å². The molecular formula is C11H25NO3. The van der Waals surface area contributed by atoms with Crippen LogP contribution in [-0.2, 0) is 0 Å². The third-order valence-corrected chi connectivity index (χ3v) is 2.73. The van der Waals surface area contributed by atoms with Crippen LogP contribution >= 0.6 is 0 Å². The van der Waals surface area contributed by atoms with Gasteiger partial charge in [0.25, 0.3) is 0 Å². The van der Waals surface area contributed by atoms with Crippen molar-refractivity contribution in [2.45, 2.75) is 39.3 Å². The molecule has 0 amide bonds. The van der Waals surface area contributed by atoms with E-state index in [1.807, 2.05) is 6.92 Å². The molecule has 15 heavy (non-hydrogen) atoms. The smallest absolute Gasteiger partial charge is 0.0897 e. The Bertz CT molecular complexity index is 143. The maximum absolute atomic E-state index is 9.40. The molecule has 3 N–H and O–H groups in total. The monoisotopic (exact) mass is 219 g/mol. The second kappa shape index (κ2) is 8.05. The van der Waals surface area contributed by atoms with Crippen molar-refractivity contribution in [2.24, 2.45) is 5.92 Å². The highest BCUT2D eigenvalue weighted by molar-refractivity contribution is 4.71. The molecule has 0 aliphatic rings. The standard InChI is InChI=1S/C11H25NO3/c1-4-10(3)12(5-9(2)7-13)6-11(15)8-14/h9-11,13-15H,4-8H2,1-3H3. The van der Waals surface area contributed by atoms with Gasteiger partial charge in [-0.15, -0.1) is 0 Å². The van der Waals surface area contributed by atoms with Crippen LogP contribution in [0.5, 0.6) is 0 Å². The van der Waals surface area contributed by atoms with Gasteiger partial charge in [-0.05, 0) is 19.3 Å². The summed E-state index contributed by atoms with van der Waals surface area (Å²) < 4.78 is 0. The molecule has 0 rings (SSSR count). The van der Waals surface area contributed by atoms with Gasteiger partial charge in [-0.3, -0.25) is 4.90 Å². The number of hydrogen-bond donors (Lipinski definition) is 3. The Morgan fingerprint density at radius 2 is 1.67 bits per heavy atom.